The monoisotopic (exact) mass is 265 g/mol. The molecule has 5 heteroatoms. The van der Waals surface area contributed by atoms with Gasteiger partial charge in [-0.2, -0.15) is 0 Å². The van der Waals surface area contributed by atoms with E-state index in [4.69, 9.17) is 5.11 Å². The molecule has 1 atom stereocenters. The molecule has 0 bridgehead atoms. The summed E-state index contributed by atoms with van der Waals surface area (Å²) in [6.45, 7) is -0.0466. The zero-order valence-corrected chi connectivity index (χ0v) is 11.0. The van der Waals surface area contributed by atoms with E-state index in [2.05, 4.69) is 10.1 Å². The van der Waals surface area contributed by atoms with E-state index in [9.17, 15) is 9.59 Å². The summed E-state index contributed by atoms with van der Waals surface area (Å²) in [6, 6.07) is 8.70. The first kappa shape index (κ1) is 15.2. The number of hydrogen-bond acceptors (Lipinski definition) is 4. The van der Waals surface area contributed by atoms with Crippen LogP contribution >= 0.6 is 0 Å². The highest BCUT2D eigenvalue weighted by Crippen LogP contribution is 2.05. The fourth-order valence-corrected chi connectivity index (χ4v) is 1.69. The van der Waals surface area contributed by atoms with E-state index in [1.54, 1.807) is 0 Å². The Morgan fingerprint density at radius 2 is 2.00 bits per heavy atom. The maximum Gasteiger partial charge on any atom is 0.328 e. The molecule has 1 aromatic rings. The Hall–Kier alpha value is -1.88. The van der Waals surface area contributed by atoms with Gasteiger partial charge in [-0.3, -0.25) is 4.79 Å². The SMILES string of the molecule is COC(=O)[C@H](Cc1ccccc1)NC(=O)CCCO. The number of amides is 1. The average molecular weight is 265 g/mol. The molecule has 0 aliphatic heterocycles. The lowest BCUT2D eigenvalue weighted by atomic mass is 10.1. The van der Waals surface area contributed by atoms with Gasteiger partial charge in [0.15, 0.2) is 0 Å². The molecular weight excluding hydrogens is 246 g/mol. The summed E-state index contributed by atoms with van der Waals surface area (Å²) >= 11 is 0. The Kier molecular flexibility index (Phi) is 6.60. The van der Waals surface area contributed by atoms with Crippen LogP contribution in [0.4, 0.5) is 0 Å². The van der Waals surface area contributed by atoms with Gasteiger partial charge in [0.05, 0.1) is 7.11 Å². The summed E-state index contributed by atoms with van der Waals surface area (Å²) in [7, 11) is 1.29. The first-order valence-corrected chi connectivity index (χ1v) is 6.19. The third-order valence-corrected chi connectivity index (χ3v) is 2.67. The molecule has 0 spiro atoms. The van der Waals surface area contributed by atoms with Crippen molar-refractivity contribution in [1.82, 2.24) is 5.32 Å². The summed E-state index contributed by atoms with van der Waals surface area (Å²) in [6.07, 6.45) is 0.961. The van der Waals surface area contributed by atoms with Crippen molar-refractivity contribution >= 4 is 11.9 Å². The number of carbonyl (C=O) groups excluding carboxylic acids is 2. The van der Waals surface area contributed by atoms with E-state index in [1.165, 1.54) is 7.11 Å². The molecule has 1 rings (SSSR count). The highest BCUT2D eigenvalue weighted by molar-refractivity contribution is 5.84. The van der Waals surface area contributed by atoms with Gasteiger partial charge in [0, 0.05) is 19.4 Å². The van der Waals surface area contributed by atoms with Crippen LogP contribution in [-0.2, 0) is 20.7 Å². The topological polar surface area (TPSA) is 75.6 Å². The Bertz CT molecular complexity index is 405. The third-order valence-electron chi connectivity index (χ3n) is 2.67. The lowest BCUT2D eigenvalue weighted by molar-refractivity contribution is -0.145. The number of nitrogens with one attached hydrogen (secondary N) is 1. The quantitative estimate of drug-likeness (QED) is 0.710. The third kappa shape index (κ3) is 5.52. The molecule has 0 radical (unpaired) electrons. The number of carbonyl (C=O) groups is 2. The van der Waals surface area contributed by atoms with Gasteiger partial charge in [0.25, 0.3) is 0 Å². The largest absolute Gasteiger partial charge is 0.467 e. The van der Waals surface area contributed by atoms with Crippen LogP contribution in [-0.4, -0.2) is 36.7 Å². The van der Waals surface area contributed by atoms with Crippen LogP contribution in [0.25, 0.3) is 0 Å². The molecule has 104 valence electrons. The minimum absolute atomic E-state index is 0.0466. The Morgan fingerprint density at radius 1 is 1.32 bits per heavy atom. The highest BCUT2D eigenvalue weighted by atomic mass is 16.5. The molecule has 0 aromatic heterocycles. The van der Waals surface area contributed by atoms with Gasteiger partial charge in [-0.15, -0.1) is 0 Å². The molecule has 1 aromatic carbocycles. The summed E-state index contributed by atoms with van der Waals surface area (Å²) in [5.74, 6) is -0.735. The van der Waals surface area contributed by atoms with Gasteiger partial charge in [-0.05, 0) is 12.0 Å². The molecule has 5 nitrogen and oxygen atoms in total. The molecular formula is C14H19NO4. The van der Waals surface area contributed by atoms with Crippen molar-refractivity contribution < 1.29 is 19.4 Å². The number of hydrogen-bond donors (Lipinski definition) is 2. The standard InChI is InChI=1S/C14H19NO4/c1-19-14(18)12(15-13(17)8-5-9-16)10-11-6-3-2-4-7-11/h2-4,6-7,12,16H,5,8-10H2,1H3,(H,15,17)/t12-/m0/s1. The van der Waals surface area contributed by atoms with Crippen molar-refractivity contribution in [3.63, 3.8) is 0 Å². The van der Waals surface area contributed by atoms with E-state index in [-0.39, 0.29) is 18.9 Å². The number of aliphatic hydroxyl groups excluding tert-OH is 1. The normalized spacial score (nSPS) is 11.7. The van der Waals surface area contributed by atoms with Crippen LogP contribution < -0.4 is 5.32 Å². The predicted molar refractivity (Wildman–Crippen MR) is 70.4 cm³/mol. The molecule has 0 heterocycles. The van der Waals surface area contributed by atoms with Gasteiger partial charge in [-0.25, -0.2) is 4.79 Å². The number of aliphatic hydroxyl groups is 1. The molecule has 0 fully saturated rings. The molecule has 0 saturated heterocycles. The maximum absolute atomic E-state index is 11.6. The fraction of sp³-hybridized carbons (Fsp3) is 0.429. The second kappa shape index (κ2) is 8.26. The van der Waals surface area contributed by atoms with Crippen LogP contribution in [0.15, 0.2) is 30.3 Å². The smallest absolute Gasteiger partial charge is 0.328 e. The summed E-state index contributed by atoms with van der Waals surface area (Å²) in [5, 5.41) is 11.3. The van der Waals surface area contributed by atoms with Crippen molar-refractivity contribution in [3.8, 4) is 0 Å². The van der Waals surface area contributed by atoms with E-state index in [1.807, 2.05) is 30.3 Å². The van der Waals surface area contributed by atoms with Gasteiger partial charge < -0.3 is 15.2 Å². The van der Waals surface area contributed by atoms with Crippen LogP contribution in [0.2, 0.25) is 0 Å². The summed E-state index contributed by atoms with van der Waals surface area (Å²) < 4.78 is 4.69. The number of benzene rings is 1. The van der Waals surface area contributed by atoms with E-state index in [0.717, 1.165) is 5.56 Å². The van der Waals surface area contributed by atoms with Crippen molar-refractivity contribution in [2.45, 2.75) is 25.3 Å². The van der Waals surface area contributed by atoms with Gasteiger partial charge in [0.2, 0.25) is 5.91 Å². The molecule has 0 aliphatic carbocycles. The van der Waals surface area contributed by atoms with Gasteiger partial charge in [0.1, 0.15) is 6.04 Å². The van der Waals surface area contributed by atoms with E-state index >= 15 is 0 Å². The molecule has 1 amide bonds. The zero-order chi connectivity index (χ0) is 14.1. The Morgan fingerprint density at radius 3 is 2.58 bits per heavy atom. The van der Waals surface area contributed by atoms with Crippen molar-refractivity contribution in [3.05, 3.63) is 35.9 Å². The van der Waals surface area contributed by atoms with Crippen LogP contribution in [0.5, 0.6) is 0 Å². The van der Waals surface area contributed by atoms with Crippen molar-refractivity contribution in [2.75, 3.05) is 13.7 Å². The summed E-state index contributed by atoms with van der Waals surface area (Å²) in [5.41, 5.74) is 0.945. The lowest BCUT2D eigenvalue weighted by Crippen LogP contribution is -2.43. The number of ether oxygens (including phenoxy) is 1. The molecule has 2 N–H and O–H groups in total. The van der Waals surface area contributed by atoms with E-state index < -0.39 is 12.0 Å². The second-order valence-electron chi connectivity index (χ2n) is 4.16. The zero-order valence-electron chi connectivity index (χ0n) is 11.0. The number of esters is 1. The second-order valence-corrected chi connectivity index (χ2v) is 4.16. The Labute approximate surface area is 112 Å². The molecule has 19 heavy (non-hydrogen) atoms. The summed E-state index contributed by atoms with van der Waals surface area (Å²) in [4.78, 5) is 23.2. The lowest BCUT2D eigenvalue weighted by Gasteiger charge is -2.16. The van der Waals surface area contributed by atoms with Gasteiger partial charge >= 0.3 is 5.97 Å². The first-order chi connectivity index (χ1) is 9.17. The van der Waals surface area contributed by atoms with Crippen LogP contribution in [0, 0.1) is 0 Å². The van der Waals surface area contributed by atoms with Gasteiger partial charge in [-0.1, -0.05) is 30.3 Å². The highest BCUT2D eigenvalue weighted by Gasteiger charge is 2.21. The van der Waals surface area contributed by atoms with Crippen molar-refractivity contribution in [1.29, 1.82) is 0 Å². The molecule has 0 unspecified atom stereocenters. The number of methoxy groups -OCH3 is 1. The first-order valence-electron chi connectivity index (χ1n) is 6.19. The molecule has 0 aliphatic rings. The minimum atomic E-state index is -0.696. The Balaban J connectivity index is 2.62. The molecule has 0 saturated carbocycles. The predicted octanol–water partition coefficient (Wildman–Crippen LogP) is 0.659. The van der Waals surface area contributed by atoms with Crippen LogP contribution in [0.3, 0.4) is 0 Å². The minimum Gasteiger partial charge on any atom is -0.467 e. The van der Waals surface area contributed by atoms with Crippen molar-refractivity contribution in [2.24, 2.45) is 0 Å². The average Bonchev–Trinajstić information content (AvgIpc) is 2.44. The fourth-order valence-electron chi connectivity index (χ4n) is 1.69. The van der Waals surface area contributed by atoms with Crippen LogP contribution in [0.1, 0.15) is 18.4 Å². The number of rotatable bonds is 7. The van der Waals surface area contributed by atoms with E-state index in [0.29, 0.717) is 12.8 Å². The maximum atomic E-state index is 11.6.